The fourth-order valence-corrected chi connectivity index (χ4v) is 3.84. The number of carbonyl (C=O) groups excluding carboxylic acids is 2. The van der Waals surface area contributed by atoms with Crippen LogP contribution in [0.25, 0.3) is 0 Å². The van der Waals surface area contributed by atoms with Gasteiger partial charge in [-0.25, -0.2) is 9.78 Å². The number of hydrogen-bond acceptors (Lipinski definition) is 5. The number of ether oxygens (including phenoxy) is 2. The summed E-state index contributed by atoms with van der Waals surface area (Å²) in [6.07, 6.45) is 4.85. The average molecular weight is 350 g/mol. The topological polar surface area (TPSA) is 77.5 Å². The second kappa shape index (κ2) is 5.97. The zero-order chi connectivity index (χ0) is 18.3. The third-order valence-electron chi connectivity index (χ3n) is 4.89. The van der Waals surface area contributed by atoms with Gasteiger partial charge in [0.25, 0.3) is 0 Å². The third kappa shape index (κ3) is 3.60. The Bertz CT molecular complexity index is 691. The molecule has 0 aromatic carbocycles. The van der Waals surface area contributed by atoms with E-state index in [2.05, 4.69) is 10.3 Å². The predicted molar refractivity (Wildman–Crippen MR) is 88.1 cm³/mol. The molecule has 6 nitrogen and oxygen atoms in total. The summed E-state index contributed by atoms with van der Waals surface area (Å²) >= 11 is 0. The predicted octanol–water partition coefficient (Wildman–Crippen LogP) is 3.39. The smallest absolute Gasteiger partial charge is 0.408 e. The molecule has 1 N–H and O–H groups in total. The molecule has 0 atom stereocenters. The molecule has 7 heteroatoms. The van der Waals surface area contributed by atoms with E-state index in [0.717, 1.165) is 25.7 Å². The highest BCUT2D eigenvalue weighted by molar-refractivity contribution is 5.79. The first-order valence-electron chi connectivity index (χ1n) is 8.46. The molecule has 2 fully saturated rings. The number of hydrogen-bond donors (Lipinski definition) is 1. The zero-order valence-electron chi connectivity index (χ0n) is 14.7. The summed E-state index contributed by atoms with van der Waals surface area (Å²) in [5, 5.41) is 2.99. The van der Waals surface area contributed by atoms with Crippen molar-refractivity contribution in [2.24, 2.45) is 0 Å². The standard InChI is InChI=1S/C18H23FN2O4/c1-16(2,3)25-15(23)21-17-5-7-18(11-17,8-6-17)24-13-4-9-20-14(19)12(13)10-22/h4,9-10H,5-8,11H2,1-3H3,(H,21,23). The van der Waals surface area contributed by atoms with E-state index in [4.69, 9.17) is 9.47 Å². The van der Waals surface area contributed by atoms with Crippen LogP contribution in [0.5, 0.6) is 5.75 Å². The van der Waals surface area contributed by atoms with Crippen molar-refractivity contribution in [1.29, 1.82) is 0 Å². The largest absolute Gasteiger partial charge is 0.486 e. The number of amides is 1. The second-order valence-corrected chi connectivity index (χ2v) is 8.00. The molecule has 3 rings (SSSR count). The van der Waals surface area contributed by atoms with Crippen LogP contribution in [-0.4, -0.2) is 34.1 Å². The van der Waals surface area contributed by atoms with Crippen molar-refractivity contribution in [3.63, 3.8) is 0 Å². The van der Waals surface area contributed by atoms with Crippen molar-refractivity contribution in [2.75, 3.05) is 0 Å². The van der Waals surface area contributed by atoms with Crippen LogP contribution < -0.4 is 10.1 Å². The van der Waals surface area contributed by atoms with Gasteiger partial charge in [0.05, 0.1) is 0 Å². The average Bonchev–Trinajstić information content (AvgIpc) is 3.00. The number of carbonyl (C=O) groups is 2. The number of aromatic nitrogens is 1. The molecule has 2 saturated carbocycles. The highest BCUT2D eigenvalue weighted by Crippen LogP contribution is 2.53. The molecular weight excluding hydrogens is 327 g/mol. The molecule has 0 aliphatic heterocycles. The number of pyridine rings is 1. The zero-order valence-corrected chi connectivity index (χ0v) is 14.7. The van der Waals surface area contributed by atoms with E-state index < -0.39 is 23.2 Å². The minimum Gasteiger partial charge on any atom is -0.486 e. The fourth-order valence-electron chi connectivity index (χ4n) is 3.84. The Morgan fingerprint density at radius 2 is 2.00 bits per heavy atom. The van der Waals surface area contributed by atoms with E-state index in [0.29, 0.717) is 12.7 Å². The maximum Gasteiger partial charge on any atom is 0.408 e. The van der Waals surface area contributed by atoms with Crippen LogP contribution in [0.2, 0.25) is 0 Å². The van der Waals surface area contributed by atoms with E-state index in [1.165, 1.54) is 12.3 Å². The minimum atomic E-state index is -0.835. The third-order valence-corrected chi connectivity index (χ3v) is 4.89. The second-order valence-electron chi connectivity index (χ2n) is 8.00. The van der Waals surface area contributed by atoms with Gasteiger partial charge in [-0.05, 0) is 52.5 Å². The van der Waals surface area contributed by atoms with E-state index >= 15 is 0 Å². The Labute approximate surface area is 146 Å². The fraction of sp³-hybridized carbons (Fsp3) is 0.611. The van der Waals surface area contributed by atoms with Gasteiger partial charge in [-0.1, -0.05) is 0 Å². The van der Waals surface area contributed by atoms with Gasteiger partial charge in [0.1, 0.15) is 22.5 Å². The minimum absolute atomic E-state index is 0.165. The molecule has 2 bridgehead atoms. The molecule has 1 aromatic rings. The van der Waals surface area contributed by atoms with E-state index in [1.54, 1.807) is 0 Å². The van der Waals surface area contributed by atoms with Gasteiger partial charge in [-0.3, -0.25) is 4.79 Å². The first kappa shape index (κ1) is 17.6. The summed E-state index contributed by atoms with van der Waals surface area (Å²) in [7, 11) is 0. The SMILES string of the molecule is CC(C)(C)OC(=O)NC12CCC(Oc3ccnc(F)c3C=O)(CC1)C2. The van der Waals surface area contributed by atoms with Crippen LogP contribution >= 0.6 is 0 Å². The maximum atomic E-state index is 13.7. The Morgan fingerprint density at radius 1 is 1.32 bits per heavy atom. The van der Waals surface area contributed by atoms with Gasteiger partial charge in [0, 0.05) is 18.2 Å². The lowest BCUT2D eigenvalue weighted by Crippen LogP contribution is -2.47. The van der Waals surface area contributed by atoms with Gasteiger partial charge >= 0.3 is 6.09 Å². The first-order chi connectivity index (χ1) is 11.7. The van der Waals surface area contributed by atoms with Crippen LogP contribution in [0.3, 0.4) is 0 Å². The lowest BCUT2D eigenvalue weighted by Gasteiger charge is -2.30. The number of nitrogens with one attached hydrogen (secondary N) is 1. The number of fused-ring (bicyclic) bond motifs is 2. The number of rotatable bonds is 4. The Kier molecular flexibility index (Phi) is 4.21. The van der Waals surface area contributed by atoms with Crippen molar-refractivity contribution in [3.8, 4) is 5.75 Å². The molecule has 1 aromatic heterocycles. The van der Waals surface area contributed by atoms with Crippen molar-refractivity contribution >= 4 is 12.4 Å². The summed E-state index contributed by atoms with van der Waals surface area (Å²) in [5.41, 5.74) is -1.59. The Balaban J connectivity index is 1.72. The Hall–Kier alpha value is -2.18. The lowest BCUT2D eigenvalue weighted by atomic mass is 9.93. The van der Waals surface area contributed by atoms with Crippen molar-refractivity contribution < 1.29 is 23.5 Å². The first-order valence-corrected chi connectivity index (χ1v) is 8.46. The molecule has 0 saturated heterocycles. The quantitative estimate of drug-likeness (QED) is 0.665. The van der Waals surface area contributed by atoms with Crippen molar-refractivity contribution in [1.82, 2.24) is 10.3 Å². The summed E-state index contributed by atoms with van der Waals surface area (Å²) in [4.78, 5) is 26.7. The van der Waals surface area contributed by atoms with Crippen LogP contribution in [0.15, 0.2) is 12.3 Å². The highest BCUT2D eigenvalue weighted by Gasteiger charge is 2.57. The molecule has 136 valence electrons. The Morgan fingerprint density at radius 3 is 2.60 bits per heavy atom. The van der Waals surface area contributed by atoms with Gasteiger partial charge in [-0.15, -0.1) is 0 Å². The molecule has 25 heavy (non-hydrogen) atoms. The highest BCUT2D eigenvalue weighted by atomic mass is 19.1. The van der Waals surface area contributed by atoms with Crippen LogP contribution in [0, 0.1) is 5.95 Å². The summed E-state index contributed by atoms with van der Waals surface area (Å²) < 4.78 is 25.1. The van der Waals surface area contributed by atoms with Crippen molar-refractivity contribution in [3.05, 3.63) is 23.8 Å². The van der Waals surface area contributed by atoms with E-state index in [-0.39, 0.29) is 16.9 Å². The normalized spacial score (nSPS) is 27.8. The summed E-state index contributed by atoms with van der Waals surface area (Å²) in [6.45, 7) is 5.46. The molecule has 1 amide bonds. The number of halogens is 1. The molecule has 1 heterocycles. The molecule has 0 spiro atoms. The lowest BCUT2D eigenvalue weighted by molar-refractivity contribution is 0.0458. The van der Waals surface area contributed by atoms with Crippen LogP contribution in [-0.2, 0) is 4.74 Å². The number of aldehydes is 1. The van der Waals surface area contributed by atoms with E-state index in [1.807, 2.05) is 20.8 Å². The van der Waals surface area contributed by atoms with Gasteiger partial charge in [-0.2, -0.15) is 4.39 Å². The maximum absolute atomic E-state index is 13.7. The van der Waals surface area contributed by atoms with Crippen LogP contribution in [0.4, 0.5) is 9.18 Å². The molecule has 2 aliphatic carbocycles. The monoisotopic (exact) mass is 350 g/mol. The van der Waals surface area contributed by atoms with Gasteiger partial charge in [0.2, 0.25) is 5.95 Å². The molecule has 0 unspecified atom stereocenters. The molecule has 0 radical (unpaired) electrons. The number of nitrogens with zero attached hydrogens (tertiary/aromatic N) is 1. The summed E-state index contributed by atoms with van der Waals surface area (Å²) in [6, 6.07) is 1.50. The van der Waals surface area contributed by atoms with E-state index in [9.17, 15) is 14.0 Å². The summed E-state index contributed by atoms with van der Waals surface area (Å²) in [5.74, 6) is -0.629. The molecule has 2 aliphatic rings. The van der Waals surface area contributed by atoms with Crippen LogP contribution in [0.1, 0.15) is 63.2 Å². The number of alkyl carbamates (subject to hydrolysis) is 1. The van der Waals surface area contributed by atoms with Gasteiger partial charge < -0.3 is 14.8 Å². The van der Waals surface area contributed by atoms with Crippen molar-refractivity contribution in [2.45, 2.75) is 69.6 Å². The molecular formula is C18H23FN2O4. The van der Waals surface area contributed by atoms with Gasteiger partial charge in [0.15, 0.2) is 6.29 Å².